The molecule has 1 aromatic carbocycles. The van der Waals surface area contributed by atoms with Gasteiger partial charge < -0.3 is 15.0 Å². The van der Waals surface area contributed by atoms with Gasteiger partial charge in [-0.05, 0) is 30.2 Å². The SMILES string of the molecule is CC(C)c1cc(N2CCNCC2)nn1-c1ccc(OC(F)F)cc1. The van der Waals surface area contributed by atoms with Crippen LogP contribution >= 0.6 is 0 Å². The highest BCUT2D eigenvalue weighted by atomic mass is 19.3. The van der Waals surface area contributed by atoms with Crippen LogP contribution in [0.4, 0.5) is 14.6 Å². The number of anilines is 1. The van der Waals surface area contributed by atoms with Crippen molar-refractivity contribution in [2.24, 2.45) is 0 Å². The van der Waals surface area contributed by atoms with Crippen LogP contribution in [0.25, 0.3) is 5.69 Å². The van der Waals surface area contributed by atoms with Gasteiger partial charge >= 0.3 is 6.61 Å². The minimum absolute atomic E-state index is 0.148. The maximum Gasteiger partial charge on any atom is 0.387 e. The maximum absolute atomic E-state index is 12.3. The smallest absolute Gasteiger partial charge is 0.387 e. The van der Waals surface area contributed by atoms with Crippen molar-refractivity contribution in [3.63, 3.8) is 0 Å². The molecule has 24 heavy (non-hydrogen) atoms. The Hall–Kier alpha value is -2.15. The molecule has 1 aliphatic rings. The molecule has 0 saturated carbocycles. The summed E-state index contributed by atoms with van der Waals surface area (Å²) in [6.45, 7) is 5.16. The number of halogens is 2. The number of aromatic nitrogens is 2. The summed E-state index contributed by atoms with van der Waals surface area (Å²) in [5.41, 5.74) is 1.92. The fourth-order valence-corrected chi connectivity index (χ4v) is 2.82. The van der Waals surface area contributed by atoms with Crippen molar-refractivity contribution in [1.82, 2.24) is 15.1 Å². The van der Waals surface area contributed by atoms with Gasteiger partial charge in [-0.25, -0.2) is 4.68 Å². The first kappa shape index (κ1) is 16.7. The number of nitrogens with zero attached hydrogens (tertiary/aromatic N) is 3. The van der Waals surface area contributed by atoms with E-state index in [-0.39, 0.29) is 5.75 Å². The lowest BCUT2D eigenvalue weighted by atomic mass is 10.1. The Morgan fingerprint density at radius 1 is 1.12 bits per heavy atom. The molecule has 7 heteroatoms. The molecule has 0 spiro atoms. The molecule has 0 amide bonds. The van der Waals surface area contributed by atoms with E-state index < -0.39 is 6.61 Å². The summed E-state index contributed by atoms with van der Waals surface area (Å²) in [4.78, 5) is 2.26. The van der Waals surface area contributed by atoms with Gasteiger partial charge in [0, 0.05) is 37.9 Å². The Morgan fingerprint density at radius 2 is 1.79 bits per heavy atom. The lowest BCUT2D eigenvalue weighted by Gasteiger charge is -2.27. The normalized spacial score (nSPS) is 15.3. The van der Waals surface area contributed by atoms with Gasteiger partial charge in [0.2, 0.25) is 0 Å². The second kappa shape index (κ2) is 7.17. The first-order valence-corrected chi connectivity index (χ1v) is 8.15. The van der Waals surface area contributed by atoms with E-state index in [9.17, 15) is 8.78 Å². The minimum Gasteiger partial charge on any atom is -0.435 e. The standard InChI is InChI=1S/C17H22F2N4O/c1-12(2)15-11-16(22-9-7-20-8-10-22)21-23(15)13-3-5-14(6-4-13)24-17(18)19/h3-6,11-12,17,20H,7-10H2,1-2H3. The second-order valence-electron chi connectivity index (χ2n) is 6.10. The number of alkyl halides is 2. The number of piperazine rings is 1. The molecule has 130 valence electrons. The predicted molar refractivity (Wildman–Crippen MR) is 89.4 cm³/mol. The van der Waals surface area contributed by atoms with Crippen molar-refractivity contribution in [2.75, 3.05) is 31.1 Å². The Morgan fingerprint density at radius 3 is 2.38 bits per heavy atom. The van der Waals surface area contributed by atoms with Gasteiger partial charge in [0.25, 0.3) is 0 Å². The van der Waals surface area contributed by atoms with Crippen LogP contribution in [0.2, 0.25) is 0 Å². The van der Waals surface area contributed by atoms with Crippen LogP contribution in [0.15, 0.2) is 30.3 Å². The molecule has 1 fully saturated rings. The molecule has 3 rings (SSSR count). The molecule has 0 atom stereocenters. The van der Waals surface area contributed by atoms with Crippen molar-refractivity contribution in [1.29, 1.82) is 0 Å². The van der Waals surface area contributed by atoms with E-state index in [0.717, 1.165) is 43.4 Å². The topological polar surface area (TPSA) is 42.3 Å². The molecule has 0 aliphatic carbocycles. The number of ether oxygens (including phenoxy) is 1. The number of benzene rings is 1. The highest BCUT2D eigenvalue weighted by molar-refractivity contribution is 5.46. The van der Waals surface area contributed by atoms with E-state index in [1.807, 2.05) is 4.68 Å². The average molecular weight is 336 g/mol. The fourth-order valence-electron chi connectivity index (χ4n) is 2.82. The van der Waals surface area contributed by atoms with Crippen LogP contribution in [0, 0.1) is 0 Å². The van der Waals surface area contributed by atoms with Crippen molar-refractivity contribution in [3.8, 4) is 11.4 Å². The summed E-state index contributed by atoms with van der Waals surface area (Å²) in [6, 6.07) is 8.69. The molecule has 2 heterocycles. The summed E-state index contributed by atoms with van der Waals surface area (Å²) in [5.74, 6) is 1.40. The first-order chi connectivity index (χ1) is 11.5. The van der Waals surface area contributed by atoms with Crippen LogP contribution in [0.1, 0.15) is 25.5 Å². The number of hydrogen-bond donors (Lipinski definition) is 1. The molecular formula is C17H22F2N4O. The van der Waals surface area contributed by atoms with E-state index in [4.69, 9.17) is 5.10 Å². The molecular weight excluding hydrogens is 314 g/mol. The number of hydrogen-bond acceptors (Lipinski definition) is 4. The van der Waals surface area contributed by atoms with Gasteiger partial charge in [0.1, 0.15) is 5.75 Å². The average Bonchev–Trinajstić information content (AvgIpc) is 3.01. The molecule has 5 nitrogen and oxygen atoms in total. The zero-order chi connectivity index (χ0) is 17.1. The molecule has 0 radical (unpaired) electrons. The van der Waals surface area contributed by atoms with Crippen LogP contribution in [0.3, 0.4) is 0 Å². The third-order valence-corrected chi connectivity index (χ3v) is 4.06. The molecule has 1 aromatic heterocycles. The van der Waals surface area contributed by atoms with E-state index in [0.29, 0.717) is 5.92 Å². The second-order valence-corrected chi connectivity index (χ2v) is 6.10. The van der Waals surface area contributed by atoms with Gasteiger partial charge in [-0.1, -0.05) is 13.8 Å². The first-order valence-electron chi connectivity index (χ1n) is 8.15. The molecule has 1 saturated heterocycles. The Kier molecular flexibility index (Phi) is 4.99. The van der Waals surface area contributed by atoms with Crippen molar-refractivity contribution in [2.45, 2.75) is 26.4 Å². The van der Waals surface area contributed by atoms with Gasteiger partial charge in [0.05, 0.1) is 5.69 Å². The lowest BCUT2D eigenvalue weighted by molar-refractivity contribution is -0.0498. The number of nitrogens with one attached hydrogen (secondary N) is 1. The van der Waals surface area contributed by atoms with Gasteiger partial charge in [-0.2, -0.15) is 13.9 Å². The molecule has 0 bridgehead atoms. The summed E-state index contributed by atoms with van der Waals surface area (Å²) in [7, 11) is 0. The van der Waals surface area contributed by atoms with E-state index >= 15 is 0 Å². The van der Waals surface area contributed by atoms with E-state index in [2.05, 4.69) is 34.9 Å². The molecule has 2 aromatic rings. The summed E-state index contributed by atoms with van der Waals surface area (Å²) in [6.07, 6.45) is 0. The monoisotopic (exact) mass is 336 g/mol. The van der Waals surface area contributed by atoms with Crippen molar-refractivity contribution in [3.05, 3.63) is 36.0 Å². The van der Waals surface area contributed by atoms with Crippen LogP contribution < -0.4 is 15.0 Å². The summed E-state index contributed by atoms with van der Waals surface area (Å²) >= 11 is 0. The third kappa shape index (κ3) is 3.67. The van der Waals surface area contributed by atoms with E-state index in [1.165, 1.54) is 12.1 Å². The van der Waals surface area contributed by atoms with Crippen LogP contribution in [0.5, 0.6) is 5.75 Å². The fraction of sp³-hybridized carbons (Fsp3) is 0.471. The van der Waals surface area contributed by atoms with E-state index in [1.54, 1.807) is 12.1 Å². The van der Waals surface area contributed by atoms with Crippen molar-refractivity contribution < 1.29 is 13.5 Å². The Labute approximate surface area is 140 Å². The van der Waals surface area contributed by atoms with Crippen molar-refractivity contribution >= 4 is 5.82 Å². The maximum atomic E-state index is 12.3. The van der Waals surface area contributed by atoms with Gasteiger partial charge in [0.15, 0.2) is 5.82 Å². The molecule has 0 unspecified atom stereocenters. The highest BCUT2D eigenvalue weighted by Crippen LogP contribution is 2.26. The number of rotatable bonds is 5. The molecule has 1 N–H and O–H groups in total. The lowest BCUT2D eigenvalue weighted by Crippen LogP contribution is -2.43. The van der Waals surface area contributed by atoms with Gasteiger partial charge in [-0.15, -0.1) is 0 Å². The summed E-state index contributed by atoms with van der Waals surface area (Å²) in [5, 5.41) is 8.07. The summed E-state index contributed by atoms with van der Waals surface area (Å²) < 4.78 is 30.8. The third-order valence-electron chi connectivity index (χ3n) is 4.06. The predicted octanol–water partition coefficient (Wildman–Crippen LogP) is 3.01. The highest BCUT2D eigenvalue weighted by Gasteiger charge is 2.18. The quantitative estimate of drug-likeness (QED) is 0.911. The Bertz CT molecular complexity index is 664. The van der Waals surface area contributed by atoms with Crippen LogP contribution in [-0.2, 0) is 0 Å². The largest absolute Gasteiger partial charge is 0.435 e. The zero-order valence-corrected chi connectivity index (χ0v) is 13.9. The Balaban J connectivity index is 1.89. The minimum atomic E-state index is -2.81. The molecule has 1 aliphatic heterocycles. The van der Waals surface area contributed by atoms with Crippen LogP contribution in [-0.4, -0.2) is 42.6 Å². The van der Waals surface area contributed by atoms with Gasteiger partial charge in [-0.3, -0.25) is 0 Å². The zero-order valence-electron chi connectivity index (χ0n) is 13.9.